The summed E-state index contributed by atoms with van der Waals surface area (Å²) in [4.78, 5) is 23.8. The fourth-order valence-corrected chi connectivity index (χ4v) is 1.76. The summed E-state index contributed by atoms with van der Waals surface area (Å²) in [5.74, 6) is 0.676. The van der Waals surface area contributed by atoms with E-state index >= 15 is 0 Å². The van der Waals surface area contributed by atoms with E-state index in [1.54, 1.807) is 0 Å². The van der Waals surface area contributed by atoms with Crippen LogP contribution >= 0.6 is 0 Å². The molecule has 0 spiro atoms. The normalized spacial score (nSPS) is 24.8. The molecule has 0 aromatic heterocycles. The molecule has 0 bridgehead atoms. The minimum Gasteiger partial charge on any atom is -0.282 e. The van der Waals surface area contributed by atoms with Gasteiger partial charge in [-0.05, 0) is 18.8 Å². The summed E-state index contributed by atoms with van der Waals surface area (Å²) in [6, 6.07) is 0. The average Bonchev–Trinajstić information content (AvgIpc) is 2.25. The smallest absolute Gasteiger partial charge is 0.229 e. The SMILES string of the molecule is O=C1CCC(=O)N1CC1CCC1. The summed E-state index contributed by atoms with van der Waals surface area (Å²) in [6.45, 7) is 0.692. The van der Waals surface area contributed by atoms with Gasteiger partial charge in [-0.15, -0.1) is 0 Å². The number of likely N-dealkylation sites (tertiary alicyclic amines) is 1. The van der Waals surface area contributed by atoms with Crippen LogP contribution in [-0.2, 0) is 9.59 Å². The molecule has 3 heteroatoms. The van der Waals surface area contributed by atoms with Gasteiger partial charge in [-0.25, -0.2) is 0 Å². The van der Waals surface area contributed by atoms with E-state index in [0.29, 0.717) is 25.3 Å². The molecule has 2 aliphatic rings. The van der Waals surface area contributed by atoms with Crippen molar-refractivity contribution in [3.05, 3.63) is 0 Å². The molecule has 2 amide bonds. The molecule has 1 aliphatic heterocycles. The Kier molecular flexibility index (Phi) is 1.87. The molecule has 1 saturated carbocycles. The van der Waals surface area contributed by atoms with Gasteiger partial charge < -0.3 is 0 Å². The number of carbonyl (C=O) groups excluding carboxylic acids is 2. The van der Waals surface area contributed by atoms with E-state index in [1.165, 1.54) is 24.2 Å². The zero-order chi connectivity index (χ0) is 8.55. The first-order valence-corrected chi connectivity index (χ1v) is 4.60. The van der Waals surface area contributed by atoms with Gasteiger partial charge in [0.1, 0.15) is 0 Å². The van der Waals surface area contributed by atoms with Crippen LogP contribution in [0.2, 0.25) is 0 Å². The topological polar surface area (TPSA) is 37.4 Å². The van der Waals surface area contributed by atoms with E-state index in [1.807, 2.05) is 0 Å². The Bertz CT molecular complexity index is 205. The van der Waals surface area contributed by atoms with Gasteiger partial charge in [0.15, 0.2) is 0 Å². The zero-order valence-corrected chi connectivity index (χ0v) is 7.08. The molecule has 1 heterocycles. The van der Waals surface area contributed by atoms with Gasteiger partial charge in [0.05, 0.1) is 0 Å². The van der Waals surface area contributed by atoms with E-state index in [4.69, 9.17) is 0 Å². The lowest BCUT2D eigenvalue weighted by Gasteiger charge is -2.28. The van der Waals surface area contributed by atoms with Crippen molar-refractivity contribution in [2.75, 3.05) is 6.54 Å². The summed E-state index contributed by atoms with van der Waals surface area (Å²) in [5, 5.41) is 0. The predicted molar refractivity (Wildman–Crippen MR) is 43.3 cm³/mol. The van der Waals surface area contributed by atoms with Crippen LogP contribution in [0, 0.1) is 5.92 Å². The first kappa shape index (κ1) is 7.77. The second-order valence-corrected chi connectivity index (χ2v) is 3.70. The van der Waals surface area contributed by atoms with Crippen LogP contribution in [-0.4, -0.2) is 23.3 Å². The third kappa shape index (κ3) is 1.24. The Hall–Kier alpha value is -0.860. The van der Waals surface area contributed by atoms with Crippen LogP contribution in [0.15, 0.2) is 0 Å². The standard InChI is InChI=1S/C9H13NO2/c11-8-4-5-9(12)10(8)6-7-2-1-3-7/h7H,1-6H2. The van der Waals surface area contributed by atoms with E-state index < -0.39 is 0 Å². The molecule has 1 aliphatic carbocycles. The number of amides is 2. The third-order valence-electron chi connectivity index (χ3n) is 2.82. The second kappa shape index (κ2) is 2.88. The van der Waals surface area contributed by atoms with Crippen LogP contribution in [0.5, 0.6) is 0 Å². The van der Waals surface area contributed by atoms with Crippen LogP contribution in [0.1, 0.15) is 32.1 Å². The molecule has 12 heavy (non-hydrogen) atoms. The largest absolute Gasteiger partial charge is 0.282 e. The molecule has 66 valence electrons. The summed E-state index contributed by atoms with van der Waals surface area (Å²) < 4.78 is 0. The quantitative estimate of drug-likeness (QED) is 0.574. The summed E-state index contributed by atoms with van der Waals surface area (Å²) in [6.07, 6.45) is 4.52. The van der Waals surface area contributed by atoms with Gasteiger partial charge in [-0.1, -0.05) is 6.42 Å². The molecular weight excluding hydrogens is 154 g/mol. The van der Waals surface area contributed by atoms with Gasteiger partial charge in [0.25, 0.3) is 0 Å². The summed E-state index contributed by atoms with van der Waals surface area (Å²) in [7, 11) is 0. The summed E-state index contributed by atoms with van der Waals surface area (Å²) >= 11 is 0. The van der Waals surface area contributed by atoms with Gasteiger partial charge in [-0.3, -0.25) is 14.5 Å². The van der Waals surface area contributed by atoms with Crippen LogP contribution in [0.4, 0.5) is 0 Å². The molecule has 0 N–H and O–H groups in total. The lowest BCUT2D eigenvalue weighted by Crippen LogP contribution is -2.36. The number of hydrogen-bond acceptors (Lipinski definition) is 2. The molecule has 0 aromatic carbocycles. The Balaban J connectivity index is 1.92. The van der Waals surface area contributed by atoms with Crippen LogP contribution < -0.4 is 0 Å². The van der Waals surface area contributed by atoms with E-state index in [-0.39, 0.29) is 11.8 Å². The number of carbonyl (C=O) groups is 2. The third-order valence-corrected chi connectivity index (χ3v) is 2.82. The molecule has 2 rings (SSSR count). The molecule has 2 fully saturated rings. The molecule has 0 unspecified atom stereocenters. The van der Waals surface area contributed by atoms with Crippen LogP contribution in [0.3, 0.4) is 0 Å². The second-order valence-electron chi connectivity index (χ2n) is 3.70. The lowest BCUT2D eigenvalue weighted by molar-refractivity contribution is -0.139. The molecule has 0 aromatic rings. The lowest BCUT2D eigenvalue weighted by atomic mass is 9.85. The number of imide groups is 1. The maximum Gasteiger partial charge on any atom is 0.229 e. The maximum absolute atomic E-state index is 11.2. The number of rotatable bonds is 2. The minimum absolute atomic E-state index is 0.0342. The van der Waals surface area contributed by atoms with Gasteiger partial charge in [0, 0.05) is 19.4 Å². The highest BCUT2D eigenvalue weighted by atomic mass is 16.2. The number of nitrogens with zero attached hydrogens (tertiary/aromatic N) is 1. The number of hydrogen-bond donors (Lipinski definition) is 0. The van der Waals surface area contributed by atoms with Crippen molar-refractivity contribution in [2.24, 2.45) is 5.92 Å². The Morgan fingerprint density at radius 1 is 1.17 bits per heavy atom. The van der Waals surface area contributed by atoms with Crippen molar-refractivity contribution in [1.82, 2.24) is 4.90 Å². The molecule has 3 nitrogen and oxygen atoms in total. The Morgan fingerprint density at radius 3 is 2.17 bits per heavy atom. The summed E-state index contributed by atoms with van der Waals surface area (Å²) in [5.41, 5.74) is 0. The fraction of sp³-hybridized carbons (Fsp3) is 0.778. The van der Waals surface area contributed by atoms with E-state index in [9.17, 15) is 9.59 Å². The van der Waals surface area contributed by atoms with E-state index in [0.717, 1.165) is 0 Å². The molecular formula is C9H13NO2. The highest BCUT2D eigenvalue weighted by molar-refractivity contribution is 6.01. The van der Waals surface area contributed by atoms with Crippen molar-refractivity contribution in [3.8, 4) is 0 Å². The van der Waals surface area contributed by atoms with Crippen molar-refractivity contribution in [2.45, 2.75) is 32.1 Å². The highest BCUT2D eigenvalue weighted by Gasteiger charge is 2.32. The maximum atomic E-state index is 11.2. The zero-order valence-electron chi connectivity index (χ0n) is 7.08. The highest BCUT2D eigenvalue weighted by Crippen LogP contribution is 2.28. The molecule has 0 radical (unpaired) electrons. The van der Waals surface area contributed by atoms with Gasteiger partial charge in [-0.2, -0.15) is 0 Å². The van der Waals surface area contributed by atoms with Gasteiger partial charge in [0.2, 0.25) is 11.8 Å². The Labute approximate surface area is 71.7 Å². The van der Waals surface area contributed by atoms with Crippen molar-refractivity contribution in [3.63, 3.8) is 0 Å². The first-order valence-electron chi connectivity index (χ1n) is 4.60. The average molecular weight is 167 g/mol. The van der Waals surface area contributed by atoms with Gasteiger partial charge >= 0.3 is 0 Å². The molecule has 1 saturated heterocycles. The predicted octanol–water partition coefficient (Wildman–Crippen LogP) is 0.936. The minimum atomic E-state index is 0.0342. The fourth-order valence-electron chi connectivity index (χ4n) is 1.76. The van der Waals surface area contributed by atoms with Crippen LogP contribution in [0.25, 0.3) is 0 Å². The van der Waals surface area contributed by atoms with E-state index in [2.05, 4.69) is 0 Å². The monoisotopic (exact) mass is 167 g/mol. The Morgan fingerprint density at radius 2 is 1.75 bits per heavy atom. The van der Waals surface area contributed by atoms with Crippen molar-refractivity contribution >= 4 is 11.8 Å². The van der Waals surface area contributed by atoms with Crippen molar-refractivity contribution in [1.29, 1.82) is 0 Å². The molecule has 0 atom stereocenters. The first-order chi connectivity index (χ1) is 5.77. The van der Waals surface area contributed by atoms with Crippen molar-refractivity contribution < 1.29 is 9.59 Å².